The molecule has 0 radical (unpaired) electrons. The normalized spacial score (nSPS) is 21.8. The van der Waals surface area contributed by atoms with Gasteiger partial charge in [-0.1, -0.05) is 52.8 Å². The van der Waals surface area contributed by atoms with Gasteiger partial charge in [-0.05, 0) is 22.1 Å². The lowest BCUT2D eigenvalue weighted by molar-refractivity contribution is -0.140. The van der Waals surface area contributed by atoms with E-state index in [4.69, 9.17) is 0 Å². The van der Waals surface area contributed by atoms with Crippen molar-refractivity contribution in [1.82, 2.24) is 5.32 Å². The lowest BCUT2D eigenvalue weighted by atomic mass is 9.74. The molecule has 0 fully saturated rings. The van der Waals surface area contributed by atoms with E-state index >= 15 is 0 Å². The van der Waals surface area contributed by atoms with Gasteiger partial charge in [-0.3, -0.25) is 10.1 Å². The summed E-state index contributed by atoms with van der Waals surface area (Å²) in [7, 11) is 0. The molecular formula is C16H23NO2. The molecule has 3 nitrogen and oxygen atoms in total. The number of nitrogens with one attached hydrogen (secondary N) is 1. The zero-order valence-corrected chi connectivity index (χ0v) is 12.4. The Balaban J connectivity index is 2.60. The van der Waals surface area contributed by atoms with Crippen LogP contribution in [0.15, 0.2) is 18.2 Å². The molecular weight excluding hydrogens is 238 g/mol. The predicted molar refractivity (Wildman–Crippen MR) is 76.5 cm³/mol. The maximum Gasteiger partial charge on any atom is 0.325 e. The van der Waals surface area contributed by atoms with Gasteiger partial charge in [0.15, 0.2) is 0 Å². The highest BCUT2D eigenvalue weighted by atomic mass is 16.4. The molecule has 3 heteroatoms. The summed E-state index contributed by atoms with van der Waals surface area (Å²) in [4.78, 5) is 11.4. The zero-order chi connectivity index (χ0) is 14.4. The Labute approximate surface area is 115 Å². The lowest BCUT2D eigenvalue weighted by Gasteiger charge is -2.37. The van der Waals surface area contributed by atoms with Crippen molar-refractivity contribution in [3.05, 3.63) is 34.9 Å². The number of carboxylic acid groups (broad SMARTS) is 1. The molecule has 1 unspecified atom stereocenters. The quantitative estimate of drug-likeness (QED) is 0.817. The summed E-state index contributed by atoms with van der Waals surface area (Å²) in [6.07, 6.45) is 0. The largest absolute Gasteiger partial charge is 0.480 e. The standard InChI is InChI=1S/C16H23NO2/c1-15(2,3)10-6-7-12-11(8-10)13(14(18)19)17-9-16(12,4)5/h6-8,13,17H,9H2,1-5H3,(H,18,19). The minimum Gasteiger partial charge on any atom is -0.480 e. The minimum absolute atomic E-state index is 0.0275. The van der Waals surface area contributed by atoms with Gasteiger partial charge in [-0.15, -0.1) is 0 Å². The van der Waals surface area contributed by atoms with Crippen LogP contribution in [0.1, 0.15) is 57.4 Å². The second-order valence-electron chi connectivity index (χ2n) is 7.09. The molecule has 0 saturated carbocycles. The molecule has 0 aromatic heterocycles. The van der Waals surface area contributed by atoms with Crippen molar-refractivity contribution in [3.8, 4) is 0 Å². The van der Waals surface area contributed by atoms with Crippen LogP contribution in [0.2, 0.25) is 0 Å². The Kier molecular flexibility index (Phi) is 3.21. The van der Waals surface area contributed by atoms with Crippen molar-refractivity contribution in [3.63, 3.8) is 0 Å². The molecule has 2 rings (SSSR count). The van der Waals surface area contributed by atoms with Gasteiger partial charge in [0, 0.05) is 12.0 Å². The van der Waals surface area contributed by atoms with Crippen LogP contribution in [0, 0.1) is 0 Å². The molecule has 1 aliphatic heterocycles. The van der Waals surface area contributed by atoms with Crippen molar-refractivity contribution >= 4 is 5.97 Å². The number of aliphatic carboxylic acids is 1. The first kappa shape index (κ1) is 14.1. The monoisotopic (exact) mass is 261 g/mol. The van der Waals surface area contributed by atoms with Gasteiger partial charge in [0.05, 0.1) is 0 Å². The van der Waals surface area contributed by atoms with E-state index in [9.17, 15) is 9.90 Å². The third-order valence-electron chi connectivity index (χ3n) is 3.95. The summed E-state index contributed by atoms with van der Waals surface area (Å²) >= 11 is 0. The molecule has 1 aliphatic rings. The number of rotatable bonds is 1. The van der Waals surface area contributed by atoms with Gasteiger partial charge >= 0.3 is 5.97 Å². The van der Waals surface area contributed by atoms with Crippen LogP contribution >= 0.6 is 0 Å². The van der Waals surface area contributed by atoms with E-state index in [1.165, 1.54) is 5.56 Å². The number of carbonyl (C=O) groups is 1. The summed E-state index contributed by atoms with van der Waals surface area (Å²) in [6.45, 7) is 11.4. The van der Waals surface area contributed by atoms with Crippen LogP contribution in [0.4, 0.5) is 0 Å². The Morgan fingerprint density at radius 1 is 1.37 bits per heavy atom. The fourth-order valence-electron chi connectivity index (χ4n) is 2.67. The third kappa shape index (κ3) is 2.52. The fourth-order valence-corrected chi connectivity index (χ4v) is 2.67. The maximum atomic E-state index is 11.4. The molecule has 0 spiro atoms. The lowest BCUT2D eigenvalue weighted by Crippen LogP contribution is -2.44. The van der Waals surface area contributed by atoms with E-state index in [0.29, 0.717) is 6.54 Å². The van der Waals surface area contributed by atoms with Gasteiger partial charge in [-0.2, -0.15) is 0 Å². The van der Waals surface area contributed by atoms with Crippen LogP contribution in [-0.4, -0.2) is 17.6 Å². The first-order valence-corrected chi connectivity index (χ1v) is 6.74. The second kappa shape index (κ2) is 4.34. The number of benzene rings is 1. The maximum absolute atomic E-state index is 11.4. The minimum atomic E-state index is -0.803. The highest BCUT2D eigenvalue weighted by Gasteiger charge is 2.36. The van der Waals surface area contributed by atoms with Gasteiger partial charge in [0.2, 0.25) is 0 Å². The van der Waals surface area contributed by atoms with Crippen LogP contribution in [0.25, 0.3) is 0 Å². The van der Waals surface area contributed by atoms with E-state index in [1.807, 2.05) is 0 Å². The third-order valence-corrected chi connectivity index (χ3v) is 3.95. The molecule has 1 atom stereocenters. The van der Waals surface area contributed by atoms with Crippen molar-refractivity contribution < 1.29 is 9.90 Å². The first-order valence-electron chi connectivity index (χ1n) is 6.74. The van der Waals surface area contributed by atoms with E-state index in [2.05, 4.69) is 58.1 Å². The smallest absolute Gasteiger partial charge is 0.325 e. The highest BCUT2D eigenvalue weighted by Crippen LogP contribution is 2.37. The zero-order valence-electron chi connectivity index (χ0n) is 12.4. The number of fused-ring (bicyclic) bond motifs is 1. The summed E-state index contributed by atoms with van der Waals surface area (Å²) in [5.41, 5.74) is 3.23. The summed E-state index contributed by atoms with van der Waals surface area (Å²) < 4.78 is 0. The van der Waals surface area contributed by atoms with Crippen molar-refractivity contribution in [2.24, 2.45) is 0 Å². The van der Waals surface area contributed by atoms with Crippen LogP contribution in [0.5, 0.6) is 0 Å². The van der Waals surface area contributed by atoms with Gasteiger partial charge in [0.25, 0.3) is 0 Å². The highest BCUT2D eigenvalue weighted by molar-refractivity contribution is 5.77. The average molecular weight is 261 g/mol. The molecule has 1 aromatic rings. The summed E-state index contributed by atoms with van der Waals surface area (Å²) in [6, 6.07) is 5.70. The molecule has 0 bridgehead atoms. The van der Waals surface area contributed by atoms with E-state index < -0.39 is 12.0 Å². The van der Waals surface area contributed by atoms with Gasteiger partial charge < -0.3 is 5.11 Å². The van der Waals surface area contributed by atoms with Crippen molar-refractivity contribution in [2.45, 2.75) is 51.5 Å². The molecule has 1 heterocycles. The fraction of sp³-hybridized carbons (Fsp3) is 0.562. The van der Waals surface area contributed by atoms with Crippen LogP contribution in [0.3, 0.4) is 0 Å². The summed E-state index contributed by atoms with van der Waals surface area (Å²) in [5.74, 6) is -0.803. The van der Waals surface area contributed by atoms with E-state index in [-0.39, 0.29) is 10.8 Å². The molecule has 0 aliphatic carbocycles. The molecule has 104 valence electrons. The average Bonchev–Trinajstić information content (AvgIpc) is 2.26. The molecule has 19 heavy (non-hydrogen) atoms. The van der Waals surface area contributed by atoms with E-state index in [1.54, 1.807) is 0 Å². The Bertz CT molecular complexity index is 512. The van der Waals surface area contributed by atoms with Crippen molar-refractivity contribution in [2.75, 3.05) is 6.54 Å². The number of hydrogen-bond donors (Lipinski definition) is 2. The second-order valence-corrected chi connectivity index (χ2v) is 7.09. The first-order chi connectivity index (χ1) is 8.63. The predicted octanol–water partition coefficient (Wildman–Crippen LogP) is 2.99. The van der Waals surface area contributed by atoms with Crippen molar-refractivity contribution in [1.29, 1.82) is 0 Å². The molecule has 0 amide bonds. The number of hydrogen-bond acceptors (Lipinski definition) is 2. The molecule has 0 saturated heterocycles. The molecule has 2 N–H and O–H groups in total. The number of carboxylic acids is 1. The van der Waals surface area contributed by atoms with Crippen LogP contribution < -0.4 is 5.32 Å². The van der Waals surface area contributed by atoms with E-state index in [0.717, 1.165) is 11.1 Å². The van der Waals surface area contributed by atoms with Crippen LogP contribution in [-0.2, 0) is 15.6 Å². The topological polar surface area (TPSA) is 49.3 Å². The Morgan fingerprint density at radius 3 is 2.53 bits per heavy atom. The SMILES string of the molecule is CC(C)(C)c1ccc2c(c1)C(C(=O)O)NCC2(C)C. The van der Waals surface area contributed by atoms with Gasteiger partial charge in [-0.25, -0.2) is 0 Å². The Hall–Kier alpha value is -1.35. The summed E-state index contributed by atoms with van der Waals surface area (Å²) in [5, 5.41) is 12.5. The van der Waals surface area contributed by atoms with Gasteiger partial charge in [0.1, 0.15) is 6.04 Å². The molecule has 1 aromatic carbocycles. The Morgan fingerprint density at radius 2 is 2.00 bits per heavy atom.